The van der Waals surface area contributed by atoms with E-state index in [9.17, 15) is 9.59 Å². The van der Waals surface area contributed by atoms with Gasteiger partial charge in [0.1, 0.15) is 5.56 Å². The summed E-state index contributed by atoms with van der Waals surface area (Å²) < 4.78 is 6.64. The number of rotatable bonds is 4. The van der Waals surface area contributed by atoms with E-state index in [2.05, 4.69) is 0 Å². The van der Waals surface area contributed by atoms with Crippen LogP contribution < -0.4 is 16.8 Å². The topological polar surface area (TPSA) is 86.3 Å². The highest BCUT2D eigenvalue weighted by Crippen LogP contribution is 2.21. The van der Waals surface area contributed by atoms with Gasteiger partial charge in [0.05, 0.1) is 6.61 Å². The summed E-state index contributed by atoms with van der Waals surface area (Å²) >= 11 is 0. The van der Waals surface area contributed by atoms with Crippen molar-refractivity contribution >= 4 is 5.91 Å². The Bertz CT molecular complexity index is 522. The number of aryl methyl sites for hydroxylation is 1. The highest BCUT2D eigenvalue weighted by atomic mass is 16.5. The van der Waals surface area contributed by atoms with Gasteiger partial charge in [-0.2, -0.15) is 0 Å². The summed E-state index contributed by atoms with van der Waals surface area (Å²) in [5, 5.41) is 0. The van der Waals surface area contributed by atoms with Crippen molar-refractivity contribution in [2.75, 3.05) is 13.7 Å². The van der Waals surface area contributed by atoms with Crippen LogP contribution in [0.25, 0.3) is 0 Å². The van der Waals surface area contributed by atoms with Gasteiger partial charge in [0.15, 0.2) is 0 Å². The number of hydrazine groups is 1. The maximum absolute atomic E-state index is 12.2. The molecule has 2 rings (SSSR count). The molecule has 3 N–H and O–H groups in total. The van der Waals surface area contributed by atoms with E-state index >= 15 is 0 Å². The molecular weight excluding hydrogens is 234 g/mol. The van der Waals surface area contributed by atoms with Crippen LogP contribution in [0.1, 0.15) is 28.0 Å². The minimum absolute atomic E-state index is 0.106. The van der Waals surface area contributed by atoms with Crippen molar-refractivity contribution in [3.63, 3.8) is 0 Å². The van der Waals surface area contributed by atoms with Crippen molar-refractivity contribution in [3.05, 3.63) is 33.2 Å². The first-order chi connectivity index (χ1) is 8.69. The van der Waals surface area contributed by atoms with E-state index in [0.29, 0.717) is 13.2 Å². The molecule has 18 heavy (non-hydrogen) atoms. The minimum Gasteiger partial charge on any atom is -0.383 e. The van der Waals surface area contributed by atoms with Gasteiger partial charge in [-0.1, -0.05) is 0 Å². The summed E-state index contributed by atoms with van der Waals surface area (Å²) in [4.78, 5) is 23.8. The summed E-state index contributed by atoms with van der Waals surface area (Å²) in [6, 6.07) is 1.66. The number of carbonyl (C=O) groups excluding carboxylic acids is 1. The third-order valence-electron chi connectivity index (χ3n) is 3.25. The van der Waals surface area contributed by atoms with Crippen LogP contribution in [0, 0.1) is 0 Å². The van der Waals surface area contributed by atoms with E-state index < -0.39 is 5.91 Å². The number of hydrogen-bond acceptors (Lipinski definition) is 4. The number of nitrogens with two attached hydrogens (primary N) is 1. The van der Waals surface area contributed by atoms with Crippen LogP contribution in [0.4, 0.5) is 0 Å². The average molecular weight is 251 g/mol. The van der Waals surface area contributed by atoms with E-state index in [4.69, 9.17) is 10.6 Å². The molecule has 0 radical (unpaired) electrons. The monoisotopic (exact) mass is 251 g/mol. The van der Waals surface area contributed by atoms with E-state index in [1.807, 2.05) is 5.43 Å². The predicted octanol–water partition coefficient (Wildman–Crippen LogP) is -0.413. The number of hydrogen-bond donors (Lipinski definition) is 2. The lowest BCUT2D eigenvalue weighted by Gasteiger charge is -2.13. The molecule has 1 aromatic rings. The molecule has 1 amide bonds. The average Bonchev–Trinajstić information content (AvgIpc) is 2.84. The molecule has 98 valence electrons. The first kappa shape index (κ1) is 12.8. The van der Waals surface area contributed by atoms with Crippen molar-refractivity contribution in [1.29, 1.82) is 0 Å². The first-order valence-electron chi connectivity index (χ1n) is 5.94. The molecule has 0 bridgehead atoms. The molecule has 0 fully saturated rings. The fourth-order valence-electron chi connectivity index (χ4n) is 2.38. The molecule has 0 atom stereocenters. The van der Waals surface area contributed by atoms with Crippen LogP contribution in [0.2, 0.25) is 0 Å². The number of nitrogens with zero attached hydrogens (tertiary/aromatic N) is 1. The summed E-state index contributed by atoms with van der Waals surface area (Å²) in [5.41, 5.74) is 3.90. The Kier molecular flexibility index (Phi) is 3.78. The lowest BCUT2D eigenvalue weighted by molar-refractivity contribution is 0.0951. The van der Waals surface area contributed by atoms with Gasteiger partial charge in [0, 0.05) is 19.3 Å². The maximum Gasteiger partial charge on any atom is 0.270 e. The summed E-state index contributed by atoms with van der Waals surface area (Å²) in [5.74, 6) is 4.56. The third-order valence-corrected chi connectivity index (χ3v) is 3.25. The predicted molar refractivity (Wildman–Crippen MR) is 66.3 cm³/mol. The largest absolute Gasteiger partial charge is 0.383 e. The molecule has 1 aliphatic carbocycles. The number of amides is 1. The fourth-order valence-corrected chi connectivity index (χ4v) is 2.38. The van der Waals surface area contributed by atoms with Gasteiger partial charge in [-0.3, -0.25) is 15.0 Å². The molecular formula is C12H17N3O3. The number of fused-ring (bicyclic) bond motifs is 1. The van der Waals surface area contributed by atoms with Crippen molar-refractivity contribution in [3.8, 4) is 0 Å². The second-order valence-electron chi connectivity index (χ2n) is 4.31. The van der Waals surface area contributed by atoms with Gasteiger partial charge in [0.25, 0.3) is 11.5 Å². The molecule has 1 aromatic heterocycles. The van der Waals surface area contributed by atoms with Gasteiger partial charge in [-0.25, -0.2) is 5.84 Å². The van der Waals surface area contributed by atoms with Crippen molar-refractivity contribution in [2.45, 2.75) is 25.8 Å². The smallest absolute Gasteiger partial charge is 0.270 e. The van der Waals surface area contributed by atoms with Crippen LogP contribution in [0.3, 0.4) is 0 Å². The standard InChI is InChI=1S/C12H17N3O3/c1-18-6-5-15-10-4-2-3-8(10)7-9(12(15)17)11(16)14-13/h7H,2-6,13H2,1H3,(H,14,16). The Morgan fingerprint density at radius 3 is 3.00 bits per heavy atom. The zero-order chi connectivity index (χ0) is 13.1. The number of aromatic nitrogens is 1. The Balaban J connectivity index is 2.52. The third kappa shape index (κ3) is 2.16. The van der Waals surface area contributed by atoms with Gasteiger partial charge in [-0.15, -0.1) is 0 Å². The highest BCUT2D eigenvalue weighted by Gasteiger charge is 2.21. The molecule has 0 spiro atoms. The van der Waals surface area contributed by atoms with Gasteiger partial charge in [-0.05, 0) is 30.9 Å². The molecule has 6 heteroatoms. The number of nitrogens with one attached hydrogen (secondary N) is 1. The highest BCUT2D eigenvalue weighted by molar-refractivity contribution is 5.93. The van der Waals surface area contributed by atoms with Crippen LogP contribution >= 0.6 is 0 Å². The number of pyridine rings is 1. The van der Waals surface area contributed by atoms with Crippen LogP contribution in [0.5, 0.6) is 0 Å². The van der Waals surface area contributed by atoms with Crippen molar-refractivity contribution < 1.29 is 9.53 Å². The van der Waals surface area contributed by atoms with Crippen LogP contribution in [0.15, 0.2) is 10.9 Å². The summed E-state index contributed by atoms with van der Waals surface area (Å²) in [6.45, 7) is 0.906. The molecule has 0 unspecified atom stereocenters. The minimum atomic E-state index is -0.541. The Hall–Kier alpha value is -1.66. The van der Waals surface area contributed by atoms with Gasteiger partial charge < -0.3 is 9.30 Å². The van der Waals surface area contributed by atoms with Crippen molar-refractivity contribution in [1.82, 2.24) is 9.99 Å². The number of ether oxygens (including phenoxy) is 1. The van der Waals surface area contributed by atoms with E-state index in [-0.39, 0.29) is 11.1 Å². The second kappa shape index (κ2) is 5.32. The van der Waals surface area contributed by atoms with Gasteiger partial charge in [0.2, 0.25) is 0 Å². The Labute approximate surface area is 105 Å². The molecule has 0 aromatic carbocycles. The molecule has 6 nitrogen and oxygen atoms in total. The normalized spacial score (nSPS) is 13.4. The Morgan fingerprint density at radius 1 is 1.56 bits per heavy atom. The number of methoxy groups -OCH3 is 1. The van der Waals surface area contributed by atoms with Crippen molar-refractivity contribution in [2.24, 2.45) is 5.84 Å². The van der Waals surface area contributed by atoms with Gasteiger partial charge >= 0.3 is 0 Å². The molecule has 0 aliphatic heterocycles. The van der Waals surface area contributed by atoms with Crippen LogP contribution in [-0.2, 0) is 24.1 Å². The zero-order valence-electron chi connectivity index (χ0n) is 10.4. The summed E-state index contributed by atoms with van der Waals surface area (Å²) in [6.07, 6.45) is 2.78. The first-order valence-corrected chi connectivity index (χ1v) is 5.94. The Morgan fingerprint density at radius 2 is 2.33 bits per heavy atom. The molecule has 0 saturated carbocycles. The lowest BCUT2D eigenvalue weighted by Crippen LogP contribution is -2.38. The van der Waals surface area contributed by atoms with Crippen LogP contribution in [-0.4, -0.2) is 24.2 Å². The molecule has 1 aliphatic rings. The van der Waals surface area contributed by atoms with E-state index in [0.717, 1.165) is 30.5 Å². The number of nitrogen functional groups attached to an aromatic ring is 1. The molecule has 0 saturated heterocycles. The maximum atomic E-state index is 12.2. The van der Waals surface area contributed by atoms with E-state index in [1.165, 1.54) is 0 Å². The number of carbonyl (C=O) groups is 1. The SMILES string of the molecule is COCCn1c2c(cc(C(=O)NN)c1=O)CCC2. The fraction of sp³-hybridized carbons (Fsp3) is 0.500. The molecule has 1 heterocycles. The second-order valence-corrected chi connectivity index (χ2v) is 4.31. The van der Waals surface area contributed by atoms with E-state index in [1.54, 1.807) is 17.7 Å². The quantitative estimate of drug-likeness (QED) is 0.432. The zero-order valence-corrected chi connectivity index (χ0v) is 10.4. The summed E-state index contributed by atoms with van der Waals surface area (Å²) in [7, 11) is 1.59. The lowest BCUT2D eigenvalue weighted by atomic mass is 10.1.